The van der Waals surface area contributed by atoms with Gasteiger partial charge in [-0.05, 0) is 36.6 Å². The van der Waals surface area contributed by atoms with Crippen molar-refractivity contribution in [2.24, 2.45) is 10.7 Å². The first-order valence-corrected chi connectivity index (χ1v) is 11.8. The summed E-state index contributed by atoms with van der Waals surface area (Å²) >= 11 is 0. The lowest BCUT2D eigenvalue weighted by molar-refractivity contribution is -0.127. The molecule has 2 aromatic rings. The van der Waals surface area contributed by atoms with E-state index in [1.807, 2.05) is 24.8 Å². The molecule has 4 rings (SSSR count). The Morgan fingerprint density at radius 2 is 1.94 bits per heavy atom. The zero-order chi connectivity index (χ0) is 24.1. The molecule has 34 heavy (non-hydrogen) atoms. The quantitative estimate of drug-likeness (QED) is 0.582. The number of aromatic nitrogens is 2. The Hall–Kier alpha value is -3.59. The Balaban J connectivity index is 1.56. The summed E-state index contributed by atoms with van der Waals surface area (Å²) in [6.45, 7) is 7.12. The molecular formula is C25H31N7O2. The van der Waals surface area contributed by atoms with Gasteiger partial charge in [-0.2, -0.15) is 0 Å². The molecule has 0 unspecified atom stereocenters. The van der Waals surface area contributed by atoms with Gasteiger partial charge < -0.3 is 21.3 Å². The average Bonchev–Trinajstić information content (AvgIpc) is 3.00. The van der Waals surface area contributed by atoms with E-state index in [1.54, 1.807) is 18.3 Å². The Morgan fingerprint density at radius 3 is 2.71 bits per heavy atom. The van der Waals surface area contributed by atoms with Crippen LogP contribution in [0.25, 0.3) is 6.08 Å². The zero-order valence-corrected chi connectivity index (χ0v) is 19.7. The van der Waals surface area contributed by atoms with E-state index >= 15 is 0 Å². The van der Waals surface area contributed by atoms with Gasteiger partial charge in [-0.3, -0.25) is 19.6 Å². The Kier molecular flexibility index (Phi) is 7.32. The number of carbonyl (C=O) groups is 2. The number of rotatable bonds is 7. The Morgan fingerprint density at radius 1 is 1.15 bits per heavy atom. The van der Waals surface area contributed by atoms with Crippen molar-refractivity contribution in [1.82, 2.24) is 20.2 Å². The monoisotopic (exact) mass is 461 g/mol. The number of carbonyl (C=O) groups excluding carboxylic acids is 2. The van der Waals surface area contributed by atoms with E-state index in [2.05, 4.69) is 25.6 Å². The Bertz CT molecular complexity index is 1150. The van der Waals surface area contributed by atoms with Crippen LogP contribution in [0.1, 0.15) is 60.4 Å². The highest BCUT2D eigenvalue weighted by Gasteiger charge is 2.22. The van der Waals surface area contributed by atoms with Crippen LogP contribution >= 0.6 is 0 Å². The molecule has 4 heterocycles. The van der Waals surface area contributed by atoms with Gasteiger partial charge in [0.05, 0.1) is 28.8 Å². The highest BCUT2D eigenvalue weighted by atomic mass is 16.2. The first-order chi connectivity index (χ1) is 16.5. The van der Waals surface area contributed by atoms with Crippen LogP contribution in [0.5, 0.6) is 0 Å². The topological polar surface area (TPSA) is 126 Å². The summed E-state index contributed by atoms with van der Waals surface area (Å²) in [4.78, 5) is 41.2. The minimum atomic E-state index is -0.309. The van der Waals surface area contributed by atoms with Crippen molar-refractivity contribution in [3.05, 3.63) is 52.6 Å². The second-order valence-corrected chi connectivity index (χ2v) is 8.58. The van der Waals surface area contributed by atoms with Crippen LogP contribution in [-0.2, 0) is 17.8 Å². The van der Waals surface area contributed by atoms with E-state index in [9.17, 15) is 9.59 Å². The third kappa shape index (κ3) is 5.31. The molecule has 0 saturated heterocycles. The lowest BCUT2D eigenvalue weighted by Crippen LogP contribution is -2.34. The lowest BCUT2D eigenvalue weighted by atomic mass is 10.1. The first kappa shape index (κ1) is 23.6. The summed E-state index contributed by atoms with van der Waals surface area (Å²) in [5.74, 6) is -0.0408. The summed E-state index contributed by atoms with van der Waals surface area (Å²) in [6.07, 6.45) is 7.79. The fourth-order valence-electron chi connectivity index (χ4n) is 4.21. The van der Waals surface area contributed by atoms with Gasteiger partial charge in [-0.15, -0.1) is 0 Å². The summed E-state index contributed by atoms with van der Waals surface area (Å²) < 4.78 is 0. The minimum absolute atomic E-state index is 0.0484. The molecule has 0 spiro atoms. The maximum atomic E-state index is 13.1. The number of nitrogens with zero attached hydrogens (tertiary/aromatic N) is 4. The van der Waals surface area contributed by atoms with Crippen molar-refractivity contribution in [3.8, 4) is 0 Å². The molecule has 2 aromatic heterocycles. The van der Waals surface area contributed by atoms with Crippen LogP contribution < -0.4 is 16.4 Å². The van der Waals surface area contributed by atoms with E-state index < -0.39 is 0 Å². The summed E-state index contributed by atoms with van der Waals surface area (Å²) in [6, 6.07) is 3.59. The number of hydrogen-bond donors (Lipinski definition) is 3. The molecule has 0 aliphatic carbocycles. The number of hydrogen-bond acceptors (Lipinski definition) is 7. The molecule has 0 fully saturated rings. The number of amidine groups is 1. The van der Waals surface area contributed by atoms with E-state index in [-0.39, 0.29) is 18.2 Å². The normalized spacial score (nSPS) is 14.8. The average molecular weight is 462 g/mol. The highest BCUT2D eigenvalue weighted by molar-refractivity contribution is 6.07. The van der Waals surface area contributed by atoms with Gasteiger partial charge in [-0.1, -0.05) is 13.8 Å². The molecule has 2 amide bonds. The molecule has 0 radical (unpaired) electrons. The number of amides is 2. The second kappa shape index (κ2) is 10.6. The molecule has 0 atom stereocenters. The van der Waals surface area contributed by atoms with Gasteiger partial charge in [0, 0.05) is 56.5 Å². The van der Waals surface area contributed by atoms with Crippen LogP contribution in [0.2, 0.25) is 0 Å². The third-order valence-corrected chi connectivity index (χ3v) is 5.83. The predicted octanol–water partition coefficient (Wildman–Crippen LogP) is 2.80. The largest absolute Gasteiger partial charge is 0.387 e. The summed E-state index contributed by atoms with van der Waals surface area (Å²) in [5.41, 5.74) is 10.8. The van der Waals surface area contributed by atoms with Crippen LogP contribution in [0.4, 0.5) is 11.4 Å². The molecule has 0 bridgehead atoms. The molecule has 9 nitrogen and oxygen atoms in total. The number of aliphatic imine (C=N–C) groups is 1. The van der Waals surface area contributed by atoms with Crippen LogP contribution in [0.3, 0.4) is 0 Å². The number of anilines is 1. The van der Waals surface area contributed by atoms with E-state index in [0.717, 1.165) is 43.6 Å². The molecule has 178 valence electrons. The van der Waals surface area contributed by atoms with Crippen molar-refractivity contribution < 1.29 is 9.59 Å². The number of nitrogens with two attached hydrogens (primary N) is 1. The molecule has 0 saturated carbocycles. The van der Waals surface area contributed by atoms with Crippen molar-refractivity contribution in [2.75, 3.05) is 25.0 Å². The fraction of sp³-hybridized carbons (Fsp3) is 0.400. The molecule has 2 aliphatic rings. The predicted molar refractivity (Wildman–Crippen MR) is 133 cm³/mol. The van der Waals surface area contributed by atoms with Gasteiger partial charge in [0.25, 0.3) is 5.91 Å². The van der Waals surface area contributed by atoms with Gasteiger partial charge in [0.2, 0.25) is 5.91 Å². The number of pyridine rings is 2. The molecular weight excluding hydrogens is 430 g/mol. The maximum Gasteiger partial charge on any atom is 0.257 e. The van der Waals surface area contributed by atoms with Gasteiger partial charge in [-0.25, -0.2) is 4.99 Å². The zero-order valence-electron chi connectivity index (χ0n) is 19.7. The molecule has 9 heteroatoms. The van der Waals surface area contributed by atoms with Crippen LogP contribution in [-0.4, -0.2) is 52.2 Å². The Labute approximate surface area is 199 Å². The van der Waals surface area contributed by atoms with E-state index in [4.69, 9.17) is 5.73 Å². The summed E-state index contributed by atoms with van der Waals surface area (Å²) in [5, 5.41) is 6.19. The molecule has 0 aromatic carbocycles. The second-order valence-electron chi connectivity index (χ2n) is 8.58. The summed E-state index contributed by atoms with van der Waals surface area (Å²) in [7, 11) is 0. The van der Waals surface area contributed by atoms with Gasteiger partial charge in [0.1, 0.15) is 5.84 Å². The SMILES string of the molecule is CCCN(CCC)C(=O)C1=Cc2ncc(C(=O)Nc3cnc4c(c3)CNCC4)cc2N=C(N)C1. The van der Waals surface area contributed by atoms with Crippen LogP contribution in [0.15, 0.2) is 35.1 Å². The van der Waals surface area contributed by atoms with Gasteiger partial charge >= 0.3 is 0 Å². The number of nitrogens with one attached hydrogen (secondary N) is 2. The van der Waals surface area contributed by atoms with Crippen molar-refractivity contribution >= 4 is 35.1 Å². The van der Waals surface area contributed by atoms with Crippen molar-refractivity contribution in [1.29, 1.82) is 0 Å². The molecule has 2 aliphatic heterocycles. The van der Waals surface area contributed by atoms with Crippen molar-refractivity contribution in [2.45, 2.75) is 46.1 Å². The van der Waals surface area contributed by atoms with E-state index in [1.165, 1.54) is 6.20 Å². The fourth-order valence-corrected chi connectivity index (χ4v) is 4.21. The first-order valence-electron chi connectivity index (χ1n) is 11.8. The minimum Gasteiger partial charge on any atom is -0.387 e. The van der Waals surface area contributed by atoms with Crippen LogP contribution in [0, 0.1) is 0 Å². The lowest BCUT2D eigenvalue weighted by Gasteiger charge is -2.22. The number of fused-ring (bicyclic) bond motifs is 2. The molecule has 4 N–H and O–H groups in total. The van der Waals surface area contributed by atoms with Gasteiger partial charge in [0.15, 0.2) is 0 Å². The van der Waals surface area contributed by atoms with Crippen molar-refractivity contribution in [3.63, 3.8) is 0 Å². The highest BCUT2D eigenvalue weighted by Crippen LogP contribution is 2.27. The third-order valence-electron chi connectivity index (χ3n) is 5.83. The van der Waals surface area contributed by atoms with E-state index in [0.29, 0.717) is 47.1 Å². The maximum absolute atomic E-state index is 13.1. The smallest absolute Gasteiger partial charge is 0.257 e. The standard InChI is InChI=1S/C25H31N7O2/c1-3-7-32(8-4-2)25(34)16-10-21-22(31-23(26)12-16)11-18(14-28-21)24(33)30-19-9-17-13-27-6-5-20(17)29-15-19/h9-11,14-15,27H,3-8,12-13H2,1-2H3,(H2,26,31)(H,30,33).